The van der Waals surface area contributed by atoms with Gasteiger partial charge in [-0.3, -0.25) is 14.4 Å². The largest absolute Gasteiger partial charge is 0.390 e. The average Bonchev–Trinajstić information content (AvgIpc) is 2.69. The van der Waals surface area contributed by atoms with E-state index in [2.05, 4.69) is 0 Å². The molecule has 0 amide bonds. The third-order valence-corrected chi connectivity index (χ3v) is 5.31. The van der Waals surface area contributed by atoms with Crippen molar-refractivity contribution in [3.63, 3.8) is 0 Å². The van der Waals surface area contributed by atoms with Gasteiger partial charge in [0.2, 0.25) is 0 Å². The normalized spacial score (nSPS) is 27.8. The van der Waals surface area contributed by atoms with Crippen LogP contribution in [0.4, 0.5) is 0 Å². The molecule has 0 saturated heterocycles. The summed E-state index contributed by atoms with van der Waals surface area (Å²) in [5.74, 6) is -3.54. The van der Waals surface area contributed by atoms with Gasteiger partial charge in [0.1, 0.15) is 5.92 Å². The quantitative estimate of drug-likeness (QED) is 0.579. The highest BCUT2D eigenvalue weighted by molar-refractivity contribution is 6.27. The first-order chi connectivity index (χ1) is 11.9. The van der Waals surface area contributed by atoms with Crippen molar-refractivity contribution in [3.8, 4) is 0 Å². The monoisotopic (exact) mass is 368 g/mol. The van der Waals surface area contributed by atoms with Crippen molar-refractivity contribution < 1.29 is 24.6 Å². The molecule has 0 heterocycles. The molecule has 0 bridgehead atoms. The molecular formula is C21H36O5. The summed E-state index contributed by atoms with van der Waals surface area (Å²) in [6.07, 6.45) is 0.618. The molecular weight excluding hydrogens is 332 g/mol. The van der Waals surface area contributed by atoms with Crippen LogP contribution in [-0.4, -0.2) is 39.3 Å². The Balaban J connectivity index is 3.17. The van der Waals surface area contributed by atoms with E-state index in [0.29, 0.717) is 31.1 Å². The molecule has 1 aliphatic carbocycles. The Hall–Kier alpha value is -1.07. The van der Waals surface area contributed by atoms with Crippen LogP contribution < -0.4 is 0 Å². The minimum absolute atomic E-state index is 0.0248. The van der Waals surface area contributed by atoms with E-state index in [0.717, 1.165) is 0 Å². The number of aliphatic hydroxyl groups excluding tert-OH is 1. The molecule has 0 aliphatic heterocycles. The third-order valence-electron chi connectivity index (χ3n) is 5.31. The van der Waals surface area contributed by atoms with Crippen molar-refractivity contribution in [2.75, 3.05) is 0 Å². The number of rotatable bonds is 10. The van der Waals surface area contributed by atoms with Crippen molar-refractivity contribution in [2.24, 2.45) is 29.6 Å². The molecule has 0 radical (unpaired) electrons. The van der Waals surface area contributed by atoms with Crippen LogP contribution in [0.1, 0.15) is 73.6 Å². The summed E-state index contributed by atoms with van der Waals surface area (Å²) in [6, 6.07) is 0. The standard InChI is InChI=1S/C21H36O5/c1-12(2)7-9-15-19(24)18(16(22)11-14(5)6)20(25)21(15,26)17(23)10-8-13(3)4/h12-15,17-18,23,26H,7-11H2,1-6H3/t15?,17-,18?,21+/m1/s1. The number of hydrogen-bond donors (Lipinski definition) is 2. The highest BCUT2D eigenvalue weighted by atomic mass is 16.4. The van der Waals surface area contributed by atoms with Gasteiger partial charge >= 0.3 is 0 Å². The SMILES string of the molecule is CC(C)CCC1C(=O)C(C(=O)CC(C)C)C(=O)[C@@]1(O)[C@H](O)CCC(C)C. The number of aliphatic hydroxyl groups is 2. The molecule has 2 unspecified atom stereocenters. The Morgan fingerprint density at radius 1 is 0.962 bits per heavy atom. The predicted molar refractivity (Wildman–Crippen MR) is 101 cm³/mol. The number of carbonyl (C=O) groups excluding carboxylic acids is 3. The summed E-state index contributed by atoms with van der Waals surface area (Å²) in [5.41, 5.74) is -2.14. The van der Waals surface area contributed by atoms with E-state index in [1.807, 2.05) is 41.5 Å². The van der Waals surface area contributed by atoms with Crippen LogP contribution in [0.25, 0.3) is 0 Å². The van der Waals surface area contributed by atoms with Gasteiger partial charge in [0.15, 0.2) is 23.0 Å². The van der Waals surface area contributed by atoms with Gasteiger partial charge in [0, 0.05) is 6.42 Å². The van der Waals surface area contributed by atoms with Crippen LogP contribution in [0.15, 0.2) is 0 Å². The third kappa shape index (κ3) is 5.01. The Morgan fingerprint density at radius 3 is 1.96 bits per heavy atom. The van der Waals surface area contributed by atoms with Crippen LogP contribution in [-0.2, 0) is 14.4 Å². The highest BCUT2D eigenvalue weighted by Crippen LogP contribution is 2.42. The van der Waals surface area contributed by atoms with E-state index in [-0.39, 0.29) is 18.8 Å². The number of hydrogen-bond acceptors (Lipinski definition) is 5. The van der Waals surface area contributed by atoms with Crippen LogP contribution in [0.2, 0.25) is 0 Å². The van der Waals surface area contributed by atoms with E-state index in [1.54, 1.807) is 0 Å². The summed E-state index contributed by atoms with van der Waals surface area (Å²) in [4.78, 5) is 38.3. The van der Waals surface area contributed by atoms with Gasteiger partial charge < -0.3 is 10.2 Å². The summed E-state index contributed by atoms with van der Waals surface area (Å²) < 4.78 is 0. The predicted octanol–water partition coefficient (Wildman–Crippen LogP) is 2.95. The van der Waals surface area contributed by atoms with Crippen molar-refractivity contribution in [1.82, 2.24) is 0 Å². The molecule has 4 atom stereocenters. The van der Waals surface area contributed by atoms with Gasteiger partial charge in [-0.2, -0.15) is 0 Å². The first-order valence-electron chi connectivity index (χ1n) is 9.94. The fourth-order valence-corrected chi connectivity index (χ4v) is 3.75. The van der Waals surface area contributed by atoms with Crippen LogP contribution in [0.3, 0.4) is 0 Å². The van der Waals surface area contributed by atoms with Gasteiger partial charge in [0.05, 0.1) is 12.0 Å². The molecule has 1 rings (SSSR count). The second-order valence-electron chi connectivity index (χ2n) is 9.10. The summed E-state index contributed by atoms with van der Waals surface area (Å²) in [7, 11) is 0. The molecule has 5 heteroatoms. The van der Waals surface area contributed by atoms with Gasteiger partial charge in [-0.15, -0.1) is 0 Å². The van der Waals surface area contributed by atoms with E-state index in [4.69, 9.17) is 0 Å². The fourth-order valence-electron chi connectivity index (χ4n) is 3.75. The Labute approximate surface area is 157 Å². The summed E-state index contributed by atoms with van der Waals surface area (Å²) in [5, 5.41) is 21.8. The fraction of sp³-hybridized carbons (Fsp3) is 0.857. The maximum absolute atomic E-state index is 13.0. The number of ketones is 3. The van der Waals surface area contributed by atoms with Gasteiger partial charge in [0.25, 0.3) is 0 Å². The average molecular weight is 369 g/mol. The van der Waals surface area contributed by atoms with Gasteiger partial charge in [-0.25, -0.2) is 0 Å². The first kappa shape index (κ1) is 23.0. The van der Waals surface area contributed by atoms with Crippen LogP contribution in [0, 0.1) is 29.6 Å². The smallest absolute Gasteiger partial charge is 0.185 e. The molecule has 150 valence electrons. The zero-order chi connectivity index (χ0) is 20.2. The van der Waals surface area contributed by atoms with E-state index < -0.39 is 40.9 Å². The lowest BCUT2D eigenvalue weighted by molar-refractivity contribution is -0.157. The molecule has 0 aromatic heterocycles. The summed E-state index contributed by atoms with van der Waals surface area (Å²) in [6.45, 7) is 11.7. The van der Waals surface area contributed by atoms with Crippen LogP contribution >= 0.6 is 0 Å². The molecule has 0 aromatic rings. The van der Waals surface area contributed by atoms with Gasteiger partial charge in [-0.1, -0.05) is 48.0 Å². The second-order valence-corrected chi connectivity index (χ2v) is 9.10. The zero-order valence-electron chi connectivity index (χ0n) is 17.1. The van der Waals surface area contributed by atoms with Crippen molar-refractivity contribution >= 4 is 17.3 Å². The lowest BCUT2D eigenvalue weighted by Crippen LogP contribution is -2.52. The molecule has 1 aliphatic rings. The second kappa shape index (κ2) is 9.23. The Bertz CT molecular complexity index is 522. The first-order valence-corrected chi connectivity index (χ1v) is 9.94. The van der Waals surface area contributed by atoms with E-state index >= 15 is 0 Å². The minimum Gasteiger partial charge on any atom is -0.390 e. The maximum Gasteiger partial charge on any atom is 0.185 e. The number of carbonyl (C=O) groups is 3. The molecule has 2 N–H and O–H groups in total. The van der Waals surface area contributed by atoms with Crippen molar-refractivity contribution in [2.45, 2.75) is 85.4 Å². The molecule has 26 heavy (non-hydrogen) atoms. The maximum atomic E-state index is 13.0. The lowest BCUT2D eigenvalue weighted by Gasteiger charge is -2.33. The topological polar surface area (TPSA) is 91.7 Å². The molecule has 1 saturated carbocycles. The molecule has 5 nitrogen and oxygen atoms in total. The molecule has 1 fully saturated rings. The Kier molecular flexibility index (Phi) is 8.15. The highest BCUT2D eigenvalue weighted by Gasteiger charge is 2.63. The Morgan fingerprint density at radius 2 is 1.50 bits per heavy atom. The lowest BCUT2D eigenvalue weighted by atomic mass is 9.78. The van der Waals surface area contributed by atoms with E-state index in [1.165, 1.54) is 0 Å². The summed E-state index contributed by atoms with van der Waals surface area (Å²) >= 11 is 0. The minimum atomic E-state index is -2.14. The molecule has 0 aromatic carbocycles. The van der Waals surface area contributed by atoms with Gasteiger partial charge in [-0.05, 0) is 37.0 Å². The van der Waals surface area contributed by atoms with E-state index in [9.17, 15) is 24.6 Å². The van der Waals surface area contributed by atoms with Crippen molar-refractivity contribution in [3.05, 3.63) is 0 Å². The van der Waals surface area contributed by atoms with Crippen molar-refractivity contribution in [1.29, 1.82) is 0 Å². The number of Topliss-reactive ketones (excluding diaryl/α,β-unsaturated/α-hetero) is 3. The van der Waals surface area contributed by atoms with Crippen LogP contribution in [0.5, 0.6) is 0 Å². The molecule has 0 spiro atoms. The zero-order valence-corrected chi connectivity index (χ0v) is 17.1.